The summed E-state index contributed by atoms with van der Waals surface area (Å²) in [5, 5.41) is 15.5. The number of amides is 3. The number of H-pyrrole nitrogens is 1. The van der Waals surface area contributed by atoms with Crippen LogP contribution >= 0.6 is 0 Å². The van der Waals surface area contributed by atoms with E-state index in [0.717, 1.165) is 18.5 Å². The number of rotatable bonds is 5. The number of benzene rings is 1. The topological polar surface area (TPSA) is 154 Å². The highest BCUT2D eigenvalue weighted by molar-refractivity contribution is 7.90. The van der Waals surface area contributed by atoms with E-state index in [4.69, 9.17) is 4.74 Å². The van der Waals surface area contributed by atoms with E-state index in [2.05, 4.69) is 26.1 Å². The summed E-state index contributed by atoms with van der Waals surface area (Å²) in [5.41, 5.74) is 1.47. The third kappa shape index (κ3) is 4.58. The van der Waals surface area contributed by atoms with Crippen LogP contribution in [0.4, 0.5) is 26.8 Å². The Balaban J connectivity index is 1.44. The Labute approximate surface area is 179 Å². The monoisotopic (exact) mass is 448 g/mol. The van der Waals surface area contributed by atoms with E-state index in [0.29, 0.717) is 17.9 Å². The Hall–Kier alpha value is -3.28. The van der Waals surface area contributed by atoms with E-state index < -0.39 is 22.1 Å². The number of para-hydroxylation sites is 1. The second kappa shape index (κ2) is 8.10. The molecule has 0 bridgehead atoms. The lowest BCUT2D eigenvalue weighted by Crippen LogP contribution is -2.39. The van der Waals surface area contributed by atoms with E-state index >= 15 is 0 Å². The van der Waals surface area contributed by atoms with Crippen molar-refractivity contribution < 1.29 is 22.7 Å². The first-order valence-electron chi connectivity index (χ1n) is 9.97. The molecule has 2 aromatic rings. The number of anilines is 3. The minimum Gasteiger partial charge on any atom is -0.446 e. The Bertz CT molecular complexity index is 1110. The van der Waals surface area contributed by atoms with E-state index in [9.17, 15) is 18.0 Å². The second-order valence-electron chi connectivity index (χ2n) is 7.91. The molecule has 0 spiro atoms. The van der Waals surface area contributed by atoms with E-state index in [1.54, 1.807) is 12.1 Å². The molecule has 0 saturated heterocycles. The van der Waals surface area contributed by atoms with Gasteiger partial charge in [0, 0.05) is 23.7 Å². The highest BCUT2D eigenvalue weighted by atomic mass is 32.2. The van der Waals surface area contributed by atoms with Crippen LogP contribution in [0.3, 0.4) is 0 Å². The number of ether oxygens (including phenoxy) is 1. The number of sulfonamides is 1. The first-order valence-corrected chi connectivity index (χ1v) is 11.5. The van der Waals surface area contributed by atoms with Gasteiger partial charge in [-0.3, -0.25) is 5.10 Å². The molecule has 0 radical (unpaired) electrons. The molecule has 1 aliphatic heterocycles. The number of hydrogen-bond acceptors (Lipinski definition) is 7. The van der Waals surface area contributed by atoms with Gasteiger partial charge in [0.25, 0.3) is 10.0 Å². The quantitative estimate of drug-likeness (QED) is 0.471. The van der Waals surface area contributed by atoms with Gasteiger partial charge in [-0.15, -0.1) is 0 Å². The van der Waals surface area contributed by atoms with Crippen LogP contribution in [0.1, 0.15) is 44.7 Å². The number of urea groups is 1. The molecule has 5 N–H and O–H groups in total. The summed E-state index contributed by atoms with van der Waals surface area (Å²) in [6.45, 7) is 3.75. The Kier molecular flexibility index (Phi) is 5.48. The van der Waals surface area contributed by atoms with Crippen molar-refractivity contribution in [2.24, 2.45) is 0 Å². The Morgan fingerprint density at radius 3 is 2.87 bits per heavy atom. The molecule has 4 rings (SSSR count). The molecule has 11 nitrogen and oxygen atoms in total. The Morgan fingerprint density at radius 1 is 1.29 bits per heavy atom. The molecular weight excluding hydrogens is 424 g/mol. The fourth-order valence-corrected chi connectivity index (χ4v) is 4.90. The first-order chi connectivity index (χ1) is 14.7. The number of hydrogen-bond donors (Lipinski definition) is 5. The zero-order valence-corrected chi connectivity index (χ0v) is 17.9. The number of carbonyl (C=O) groups is 2. The van der Waals surface area contributed by atoms with Crippen molar-refractivity contribution in [2.75, 3.05) is 10.6 Å². The molecule has 1 aromatic heterocycles. The van der Waals surface area contributed by atoms with Crippen molar-refractivity contribution >= 4 is 39.3 Å². The standard InChI is InChI=1S/C19H24N6O5S/c1-10(2)20-19(27)30-12-7-6-11(8-12)14-9-16(24-23-14)21-13-4-3-5-15-17(13)22-18(26)25-31(15,28)29/h3-5,9-12H,6-8H2,1-2H3,(H,20,27)(H2,21,23,24)(H2,22,25,26)/t11-,12+/m0/s1. The molecule has 12 heteroatoms. The van der Waals surface area contributed by atoms with Gasteiger partial charge in [0.05, 0.1) is 11.4 Å². The number of aromatic amines is 1. The first kappa shape index (κ1) is 21.0. The van der Waals surface area contributed by atoms with E-state index in [-0.39, 0.29) is 28.6 Å². The zero-order valence-electron chi connectivity index (χ0n) is 17.1. The van der Waals surface area contributed by atoms with E-state index in [1.165, 1.54) is 6.07 Å². The number of nitrogens with one attached hydrogen (secondary N) is 5. The third-order valence-electron chi connectivity index (χ3n) is 5.15. The Morgan fingerprint density at radius 2 is 2.10 bits per heavy atom. The molecule has 1 aliphatic carbocycles. The highest BCUT2D eigenvalue weighted by Gasteiger charge is 2.31. The molecule has 31 heavy (non-hydrogen) atoms. The molecule has 2 heterocycles. The van der Waals surface area contributed by atoms with Gasteiger partial charge in [-0.05, 0) is 45.2 Å². The van der Waals surface area contributed by atoms with Gasteiger partial charge in [-0.1, -0.05) is 6.07 Å². The summed E-state index contributed by atoms with van der Waals surface area (Å²) in [7, 11) is -3.91. The zero-order chi connectivity index (χ0) is 22.2. The maximum absolute atomic E-state index is 12.2. The van der Waals surface area contributed by atoms with Crippen LogP contribution in [0.15, 0.2) is 29.2 Å². The summed E-state index contributed by atoms with van der Waals surface area (Å²) in [5.74, 6) is 0.643. The van der Waals surface area contributed by atoms with Gasteiger partial charge in [-0.25, -0.2) is 22.7 Å². The lowest BCUT2D eigenvalue weighted by molar-refractivity contribution is 0.0981. The predicted molar refractivity (Wildman–Crippen MR) is 113 cm³/mol. The third-order valence-corrected chi connectivity index (χ3v) is 6.52. The fraction of sp³-hybridized carbons (Fsp3) is 0.421. The van der Waals surface area contributed by atoms with Gasteiger partial charge in [0.2, 0.25) is 0 Å². The van der Waals surface area contributed by atoms with Crippen molar-refractivity contribution in [1.82, 2.24) is 20.2 Å². The molecule has 3 amide bonds. The average Bonchev–Trinajstić information content (AvgIpc) is 3.30. The molecule has 1 aromatic carbocycles. The van der Waals surface area contributed by atoms with Crippen LogP contribution < -0.4 is 20.7 Å². The van der Waals surface area contributed by atoms with Gasteiger partial charge < -0.3 is 20.7 Å². The van der Waals surface area contributed by atoms with Crippen LogP contribution in [-0.4, -0.2) is 42.9 Å². The summed E-state index contributed by atoms with van der Waals surface area (Å²) >= 11 is 0. The molecule has 0 unspecified atom stereocenters. The molecule has 166 valence electrons. The number of aromatic nitrogens is 2. The summed E-state index contributed by atoms with van der Waals surface area (Å²) in [6, 6.07) is 5.67. The SMILES string of the molecule is CC(C)NC(=O)O[C@@H]1CC[C@H](c2cc(Nc3cccc4c3NC(=O)NS4(=O)=O)n[nH]2)C1. The van der Waals surface area contributed by atoms with Crippen LogP contribution in [0, 0.1) is 0 Å². The number of nitrogens with zero attached hydrogens (tertiary/aromatic N) is 1. The van der Waals surface area contributed by atoms with Gasteiger partial charge in [-0.2, -0.15) is 5.10 Å². The molecule has 2 atom stereocenters. The largest absolute Gasteiger partial charge is 0.446 e. The van der Waals surface area contributed by atoms with Crippen LogP contribution in [0.2, 0.25) is 0 Å². The summed E-state index contributed by atoms with van der Waals surface area (Å²) in [6.07, 6.45) is 1.74. The summed E-state index contributed by atoms with van der Waals surface area (Å²) < 4.78 is 31.7. The number of fused-ring (bicyclic) bond motifs is 1. The smallest absolute Gasteiger partial charge is 0.407 e. The second-order valence-corrected chi connectivity index (χ2v) is 9.56. The fourth-order valence-electron chi connectivity index (χ4n) is 3.80. The van der Waals surface area contributed by atoms with Gasteiger partial charge in [0.15, 0.2) is 5.82 Å². The average molecular weight is 449 g/mol. The lowest BCUT2D eigenvalue weighted by Gasteiger charge is -2.21. The van der Waals surface area contributed by atoms with Crippen molar-refractivity contribution in [3.63, 3.8) is 0 Å². The maximum atomic E-state index is 12.2. The van der Waals surface area contributed by atoms with Crippen LogP contribution in [0.25, 0.3) is 0 Å². The highest BCUT2D eigenvalue weighted by Crippen LogP contribution is 2.37. The number of alkyl carbamates (subject to hydrolysis) is 1. The van der Waals surface area contributed by atoms with Crippen molar-refractivity contribution in [3.8, 4) is 0 Å². The van der Waals surface area contributed by atoms with Gasteiger partial charge >= 0.3 is 12.1 Å². The maximum Gasteiger partial charge on any atom is 0.407 e. The molecule has 1 saturated carbocycles. The van der Waals surface area contributed by atoms with Crippen LogP contribution in [0.5, 0.6) is 0 Å². The molecule has 2 aliphatic rings. The van der Waals surface area contributed by atoms with Crippen molar-refractivity contribution in [2.45, 2.75) is 56.1 Å². The minimum atomic E-state index is -3.91. The normalized spacial score (nSPS) is 21.7. The van der Waals surface area contributed by atoms with Crippen LogP contribution in [-0.2, 0) is 14.8 Å². The van der Waals surface area contributed by atoms with Crippen molar-refractivity contribution in [1.29, 1.82) is 0 Å². The number of carbonyl (C=O) groups excluding carboxylic acids is 2. The van der Waals surface area contributed by atoms with Crippen molar-refractivity contribution in [3.05, 3.63) is 30.0 Å². The molecular formula is C19H24N6O5S. The van der Waals surface area contributed by atoms with Gasteiger partial charge in [0.1, 0.15) is 11.0 Å². The lowest BCUT2D eigenvalue weighted by atomic mass is 10.0. The summed E-state index contributed by atoms with van der Waals surface area (Å²) in [4.78, 5) is 23.5. The minimum absolute atomic E-state index is 0.0187. The van der Waals surface area contributed by atoms with E-state index in [1.807, 2.05) is 24.6 Å². The predicted octanol–water partition coefficient (Wildman–Crippen LogP) is 2.75. The molecule has 1 fully saturated rings.